The van der Waals surface area contributed by atoms with Gasteiger partial charge in [0.15, 0.2) is 0 Å². The summed E-state index contributed by atoms with van der Waals surface area (Å²) in [5.74, 6) is 0. The molecule has 1 unspecified atom stereocenters. The molecule has 1 aliphatic heterocycles. The lowest BCUT2D eigenvalue weighted by molar-refractivity contribution is 0.199. The van der Waals surface area contributed by atoms with Crippen molar-refractivity contribution in [2.75, 3.05) is 45.8 Å². The predicted octanol–water partition coefficient (Wildman–Crippen LogP) is 2.60. The first-order valence-electron chi connectivity index (χ1n) is 7.99. The van der Waals surface area contributed by atoms with Crippen LogP contribution in [0, 0.1) is 0 Å². The Hall–Kier alpha value is -0.420. The zero-order chi connectivity index (χ0) is 14.4. The van der Waals surface area contributed by atoms with E-state index in [0.29, 0.717) is 6.04 Å². The van der Waals surface area contributed by atoms with Crippen molar-refractivity contribution in [3.05, 3.63) is 21.9 Å². The number of likely N-dealkylation sites (N-methyl/N-ethyl adjacent to an activating group) is 1. The van der Waals surface area contributed by atoms with E-state index in [1.807, 2.05) is 11.3 Å². The maximum Gasteiger partial charge on any atom is 0.0331 e. The zero-order valence-corrected chi connectivity index (χ0v) is 14.0. The average molecular weight is 295 g/mol. The molecule has 0 saturated carbocycles. The summed E-state index contributed by atoms with van der Waals surface area (Å²) < 4.78 is 0. The first-order valence-corrected chi connectivity index (χ1v) is 8.87. The predicted molar refractivity (Wildman–Crippen MR) is 88.7 cm³/mol. The molecule has 3 nitrogen and oxygen atoms in total. The number of nitrogens with one attached hydrogen (secondary N) is 1. The molecule has 0 radical (unpaired) electrons. The minimum atomic E-state index is 0.592. The minimum Gasteiger partial charge on any atom is -0.314 e. The summed E-state index contributed by atoms with van der Waals surface area (Å²) in [5, 5.41) is 5.83. The number of rotatable bonds is 8. The fraction of sp³-hybridized carbons (Fsp3) is 0.750. The smallest absolute Gasteiger partial charge is 0.0331 e. The van der Waals surface area contributed by atoms with Crippen LogP contribution in [0.15, 0.2) is 11.4 Å². The fourth-order valence-corrected chi connectivity index (χ4v) is 3.95. The normalized spacial score (nSPS) is 19.5. The molecule has 0 bridgehead atoms. The quantitative estimate of drug-likeness (QED) is 0.744. The lowest BCUT2D eigenvalue weighted by atomic mass is 10.0. The van der Waals surface area contributed by atoms with Crippen molar-refractivity contribution in [3.63, 3.8) is 0 Å². The van der Waals surface area contributed by atoms with Crippen molar-refractivity contribution in [3.8, 4) is 0 Å². The molecule has 0 aliphatic carbocycles. The monoisotopic (exact) mass is 295 g/mol. The van der Waals surface area contributed by atoms with Crippen LogP contribution >= 0.6 is 11.3 Å². The largest absolute Gasteiger partial charge is 0.314 e. The lowest BCUT2D eigenvalue weighted by Crippen LogP contribution is -2.39. The van der Waals surface area contributed by atoms with Gasteiger partial charge in [0.2, 0.25) is 0 Å². The number of hydrogen-bond acceptors (Lipinski definition) is 4. The van der Waals surface area contributed by atoms with Crippen LogP contribution in [0.2, 0.25) is 0 Å². The minimum absolute atomic E-state index is 0.592. The second-order valence-electron chi connectivity index (χ2n) is 5.54. The highest BCUT2D eigenvalue weighted by Gasteiger charge is 2.23. The maximum absolute atomic E-state index is 3.59. The summed E-state index contributed by atoms with van der Waals surface area (Å²) in [6.45, 7) is 14.9. The first kappa shape index (κ1) is 16.0. The van der Waals surface area contributed by atoms with Crippen molar-refractivity contribution >= 4 is 11.3 Å². The fourth-order valence-electron chi connectivity index (χ4n) is 2.99. The Labute approximate surface area is 128 Å². The molecule has 0 saturated heterocycles. The third-order valence-electron chi connectivity index (χ3n) is 4.48. The highest BCUT2D eigenvalue weighted by atomic mass is 32.1. The molecule has 1 atom stereocenters. The molecule has 2 rings (SSSR count). The molecule has 1 aromatic heterocycles. The Morgan fingerprint density at radius 2 is 2.15 bits per heavy atom. The van der Waals surface area contributed by atoms with Gasteiger partial charge in [-0.05, 0) is 43.4 Å². The molecule has 4 heteroatoms. The first-order chi connectivity index (χ1) is 9.76. The highest BCUT2D eigenvalue weighted by molar-refractivity contribution is 7.10. The molecule has 1 aromatic rings. The van der Waals surface area contributed by atoms with Crippen LogP contribution in [0.5, 0.6) is 0 Å². The molecule has 1 N–H and O–H groups in total. The summed E-state index contributed by atoms with van der Waals surface area (Å²) in [7, 11) is 0. The third-order valence-corrected chi connectivity index (χ3v) is 5.48. The van der Waals surface area contributed by atoms with E-state index in [-0.39, 0.29) is 0 Å². The van der Waals surface area contributed by atoms with E-state index in [2.05, 4.69) is 47.3 Å². The van der Waals surface area contributed by atoms with E-state index in [4.69, 9.17) is 0 Å². The van der Waals surface area contributed by atoms with Crippen molar-refractivity contribution in [1.82, 2.24) is 15.1 Å². The summed E-state index contributed by atoms with van der Waals surface area (Å²) in [5.41, 5.74) is 1.56. The van der Waals surface area contributed by atoms with E-state index < -0.39 is 0 Å². The van der Waals surface area contributed by atoms with Crippen LogP contribution in [0.1, 0.15) is 37.3 Å². The number of hydrogen-bond donors (Lipinski definition) is 1. The molecule has 0 aromatic carbocycles. The lowest BCUT2D eigenvalue weighted by Gasteiger charge is -2.33. The molecule has 20 heavy (non-hydrogen) atoms. The van der Waals surface area contributed by atoms with Crippen molar-refractivity contribution in [2.24, 2.45) is 0 Å². The van der Waals surface area contributed by atoms with E-state index in [1.165, 1.54) is 13.0 Å². The second kappa shape index (κ2) is 8.13. The summed E-state index contributed by atoms with van der Waals surface area (Å²) in [4.78, 5) is 6.68. The molecular formula is C16H29N3S. The molecule has 0 amide bonds. The van der Waals surface area contributed by atoms with Crippen molar-refractivity contribution in [2.45, 2.75) is 33.2 Å². The second-order valence-corrected chi connectivity index (χ2v) is 6.54. The summed E-state index contributed by atoms with van der Waals surface area (Å²) in [6.07, 6.45) is 1.23. The average Bonchev–Trinajstić information content (AvgIpc) is 2.94. The van der Waals surface area contributed by atoms with E-state index in [0.717, 1.165) is 39.3 Å². The van der Waals surface area contributed by atoms with Gasteiger partial charge in [-0.2, -0.15) is 0 Å². The van der Waals surface area contributed by atoms with Gasteiger partial charge in [-0.1, -0.05) is 13.8 Å². The van der Waals surface area contributed by atoms with Gasteiger partial charge in [0.1, 0.15) is 0 Å². The Morgan fingerprint density at radius 3 is 2.90 bits per heavy atom. The Morgan fingerprint density at radius 1 is 1.35 bits per heavy atom. The zero-order valence-electron chi connectivity index (χ0n) is 13.2. The van der Waals surface area contributed by atoms with Crippen LogP contribution in [-0.4, -0.2) is 55.6 Å². The van der Waals surface area contributed by atoms with Crippen LogP contribution in [-0.2, 0) is 6.42 Å². The van der Waals surface area contributed by atoms with Gasteiger partial charge in [0.05, 0.1) is 0 Å². The van der Waals surface area contributed by atoms with Gasteiger partial charge in [-0.15, -0.1) is 11.3 Å². The van der Waals surface area contributed by atoms with Gasteiger partial charge >= 0.3 is 0 Å². The van der Waals surface area contributed by atoms with Crippen LogP contribution in [0.3, 0.4) is 0 Å². The topological polar surface area (TPSA) is 18.5 Å². The van der Waals surface area contributed by atoms with Crippen LogP contribution in [0.4, 0.5) is 0 Å². The summed E-state index contributed by atoms with van der Waals surface area (Å²) in [6, 6.07) is 2.90. The highest BCUT2D eigenvalue weighted by Crippen LogP contribution is 2.32. The molecule has 0 spiro atoms. The summed E-state index contributed by atoms with van der Waals surface area (Å²) >= 11 is 1.92. The van der Waals surface area contributed by atoms with E-state index in [9.17, 15) is 0 Å². The van der Waals surface area contributed by atoms with Gasteiger partial charge < -0.3 is 10.2 Å². The SMILES string of the molecule is CCN(CC)CCNCCN1CCc2sccc2C1C. The van der Waals surface area contributed by atoms with Crippen molar-refractivity contribution in [1.29, 1.82) is 0 Å². The number of fused-ring (bicyclic) bond motifs is 1. The Kier molecular flexibility index (Phi) is 6.49. The van der Waals surface area contributed by atoms with E-state index in [1.54, 1.807) is 10.4 Å². The Balaban J connectivity index is 1.66. The molecule has 1 aliphatic rings. The van der Waals surface area contributed by atoms with Gasteiger partial charge in [0.25, 0.3) is 0 Å². The number of thiophene rings is 1. The molecule has 0 fully saturated rings. The van der Waals surface area contributed by atoms with Gasteiger partial charge in [-0.3, -0.25) is 4.90 Å². The van der Waals surface area contributed by atoms with Crippen molar-refractivity contribution < 1.29 is 0 Å². The number of nitrogens with zero attached hydrogens (tertiary/aromatic N) is 2. The molecule has 114 valence electrons. The molecular weight excluding hydrogens is 266 g/mol. The van der Waals surface area contributed by atoms with Gasteiger partial charge in [0, 0.05) is 43.6 Å². The third kappa shape index (κ3) is 4.04. The van der Waals surface area contributed by atoms with E-state index >= 15 is 0 Å². The maximum atomic E-state index is 3.59. The molecule has 2 heterocycles. The standard InChI is InChI=1S/C16H29N3S/c1-4-18(5-2)11-8-17-9-12-19-10-6-16-15(14(19)3)7-13-20-16/h7,13-14,17H,4-6,8-12H2,1-3H3. The van der Waals surface area contributed by atoms with Crippen LogP contribution in [0.25, 0.3) is 0 Å². The van der Waals surface area contributed by atoms with Gasteiger partial charge in [-0.25, -0.2) is 0 Å². The van der Waals surface area contributed by atoms with Crippen LogP contribution < -0.4 is 5.32 Å². The Bertz CT molecular complexity index is 387.